The van der Waals surface area contributed by atoms with Crippen LogP contribution in [0.3, 0.4) is 0 Å². The number of nitrogens with one attached hydrogen (secondary N) is 1. The molecule has 8 N–H and O–H groups in total. The number of oxime groups is 1. The van der Waals surface area contributed by atoms with Crippen molar-refractivity contribution in [1.82, 2.24) is 4.57 Å². The molecule has 2 rings (SSSR count). The van der Waals surface area contributed by atoms with E-state index < -0.39 is 39.7 Å². The molecule has 0 bridgehead atoms. The molecule has 1 heterocycles. The lowest BCUT2D eigenvalue weighted by Crippen LogP contribution is -2.37. The number of anilines is 1. The molecule has 210 valence electrons. The van der Waals surface area contributed by atoms with E-state index in [2.05, 4.69) is 9.88 Å². The van der Waals surface area contributed by atoms with E-state index in [0.29, 0.717) is 11.3 Å². The molecule has 13 nitrogen and oxygen atoms in total. The number of carboxylic acid groups (broad SMARTS) is 1. The number of nitrogens with two attached hydrogens (primary N) is 3. The highest BCUT2D eigenvalue weighted by atomic mass is 127. The van der Waals surface area contributed by atoms with Gasteiger partial charge in [-0.2, -0.15) is 13.2 Å². The molecule has 38 heavy (non-hydrogen) atoms. The summed E-state index contributed by atoms with van der Waals surface area (Å²) < 4.78 is 61.2. The minimum atomic E-state index is -5.08. The molecule has 0 spiro atoms. The second-order valence-corrected chi connectivity index (χ2v) is 10.3. The number of nitrogens with zero attached hydrogens (tertiary/aromatic N) is 2. The summed E-state index contributed by atoms with van der Waals surface area (Å²) in [6, 6.07) is 8.76. The van der Waals surface area contributed by atoms with E-state index in [0.717, 1.165) is 8.14 Å². The van der Waals surface area contributed by atoms with Gasteiger partial charge in [-0.05, 0) is 58.4 Å². The number of rotatable bonds is 10. The number of amides is 1. The Balaban J connectivity index is 0.000000905. The van der Waals surface area contributed by atoms with E-state index in [1.807, 2.05) is 22.6 Å². The van der Waals surface area contributed by atoms with Gasteiger partial charge in [0.15, 0.2) is 0 Å². The largest absolute Gasteiger partial charge is 0.490 e. The molecular weight excluding hydrogens is 652 g/mol. The maximum Gasteiger partial charge on any atom is 0.490 e. The standard InChI is InChI=1S/C18H23IN6O5S.C2HF3O2/c1-11-6-7-14(24-31(28,29)10-12-4-2-3-5-13(12)19)17(27)25(11)15(16(20)26)8-9-30-23-18(21)22;3-2(4,5)1(6)7/h2-7,15,24H,8-10H2,1H3,(H2,20,26)(H4,21,22,23);(H,6,7). The summed E-state index contributed by atoms with van der Waals surface area (Å²) in [5, 5.41) is 10.5. The molecule has 1 aromatic carbocycles. The molecule has 0 aliphatic rings. The Morgan fingerprint density at radius 3 is 2.26 bits per heavy atom. The number of sulfonamides is 1. The fourth-order valence-electron chi connectivity index (χ4n) is 2.82. The van der Waals surface area contributed by atoms with Crippen molar-refractivity contribution in [3.8, 4) is 0 Å². The molecule has 0 radical (unpaired) electrons. The van der Waals surface area contributed by atoms with Gasteiger partial charge >= 0.3 is 12.1 Å². The summed E-state index contributed by atoms with van der Waals surface area (Å²) in [5.41, 5.74) is 15.9. The van der Waals surface area contributed by atoms with Gasteiger partial charge in [-0.25, -0.2) is 13.2 Å². The molecule has 1 unspecified atom stereocenters. The molecule has 1 atom stereocenters. The molecule has 0 saturated carbocycles. The van der Waals surface area contributed by atoms with Crippen LogP contribution < -0.4 is 27.5 Å². The van der Waals surface area contributed by atoms with Gasteiger partial charge < -0.3 is 27.1 Å². The van der Waals surface area contributed by atoms with Crippen molar-refractivity contribution in [2.24, 2.45) is 22.4 Å². The van der Waals surface area contributed by atoms with Gasteiger partial charge in [-0.1, -0.05) is 18.2 Å². The quantitative estimate of drug-likeness (QED) is 0.0794. The molecule has 2 aromatic rings. The minimum Gasteiger partial charge on any atom is -0.475 e. The van der Waals surface area contributed by atoms with Crippen molar-refractivity contribution < 1.29 is 41.1 Å². The molecule has 0 aliphatic carbocycles. The third-order valence-corrected chi connectivity index (χ3v) is 6.70. The van der Waals surface area contributed by atoms with Gasteiger partial charge in [-0.15, -0.1) is 0 Å². The maximum absolute atomic E-state index is 13.0. The van der Waals surface area contributed by atoms with E-state index in [1.54, 1.807) is 31.2 Å². The van der Waals surface area contributed by atoms with Crippen molar-refractivity contribution in [2.75, 3.05) is 11.3 Å². The van der Waals surface area contributed by atoms with E-state index in [-0.39, 0.29) is 30.4 Å². The Labute approximate surface area is 228 Å². The first-order valence-corrected chi connectivity index (χ1v) is 13.0. The number of carboxylic acids is 1. The predicted molar refractivity (Wildman–Crippen MR) is 139 cm³/mol. The van der Waals surface area contributed by atoms with Crippen LogP contribution in [-0.2, 0) is 30.2 Å². The van der Waals surface area contributed by atoms with Crippen LogP contribution in [0.25, 0.3) is 0 Å². The summed E-state index contributed by atoms with van der Waals surface area (Å²) in [7, 11) is -3.89. The molecule has 1 aromatic heterocycles. The molecule has 1 amide bonds. The topological polar surface area (TPSA) is 222 Å². The fourth-order valence-corrected chi connectivity index (χ4v) is 4.88. The first kappa shape index (κ1) is 32.5. The van der Waals surface area contributed by atoms with Gasteiger partial charge in [-0.3, -0.25) is 18.9 Å². The van der Waals surface area contributed by atoms with Gasteiger partial charge in [0, 0.05) is 15.7 Å². The fraction of sp³-hybridized carbons (Fsp3) is 0.300. The van der Waals surface area contributed by atoms with Crippen molar-refractivity contribution in [3.05, 3.63) is 61.6 Å². The Bertz CT molecular complexity index is 1350. The van der Waals surface area contributed by atoms with Crippen LogP contribution in [0, 0.1) is 10.5 Å². The van der Waals surface area contributed by atoms with E-state index in [4.69, 9.17) is 31.9 Å². The number of guanidine groups is 1. The third kappa shape index (κ3) is 10.4. The summed E-state index contributed by atoms with van der Waals surface area (Å²) in [4.78, 5) is 38.7. The Hall–Kier alpha value is -3.55. The molecule has 18 heteroatoms. The zero-order valence-electron chi connectivity index (χ0n) is 19.6. The minimum absolute atomic E-state index is 0.00866. The molecular formula is C20H24F3IN6O7S. The average Bonchev–Trinajstić information content (AvgIpc) is 2.78. The zero-order chi connectivity index (χ0) is 29.3. The number of hydrogen-bond donors (Lipinski definition) is 5. The number of carbonyl (C=O) groups excluding carboxylic acids is 1. The first-order chi connectivity index (χ1) is 17.5. The first-order valence-electron chi connectivity index (χ1n) is 10.2. The Morgan fingerprint density at radius 2 is 1.76 bits per heavy atom. The molecule has 0 fully saturated rings. The van der Waals surface area contributed by atoms with E-state index in [1.165, 1.54) is 12.1 Å². The number of pyridine rings is 1. The second kappa shape index (κ2) is 13.8. The van der Waals surface area contributed by atoms with Crippen LogP contribution in [-0.4, -0.2) is 48.7 Å². The van der Waals surface area contributed by atoms with Crippen LogP contribution in [0.2, 0.25) is 0 Å². The monoisotopic (exact) mass is 676 g/mol. The SMILES string of the molecule is Cc1ccc(NS(=O)(=O)Cc2ccccc2I)c(=O)n1C(CCON=C(N)N)C(N)=O.O=C(O)C(F)(F)F. The normalized spacial score (nSPS) is 11.9. The summed E-state index contributed by atoms with van der Waals surface area (Å²) in [6.45, 7) is 1.50. The van der Waals surface area contributed by atoms with Gasteiger partial charge in [0.25, 0.3) is 5.56 Å². The van der Waals surface area contributed by atoms with Gasteiger partial charge in [0.05, 0.1) is 5.75 Å². The highest BCUT2D eigenvalue weighted by Crippen LogP contribution is 2.18. The Kier molecular flexibility index (Phi) is 11.8. The van der Waals surface area contributed by atoms with Crippen LogP contribution >= 0.6 is 22.6 Å². The number of carbonyl (C=O) groups is 2. The number of aromatic nitrogens is 1. The van der Waals surface area contributed by atoms with E-state index >= 15 is 0 Å². The lowest BCUT2D eigenvalue weighted by atomic mass is 10.1. The number of alkyl halides is 3. The highest BCUT2D eigenvalue weighted by molar-refractivity contribution is 14.1. The lowest BCUT2D eigenvalue weighted by molar-refractivity contribution is -0.192. The highest BCUT2D eigenvalue weighted by Gasteiger charge is 2.38. The van der Waals surface area contributed by atoms with Gasteiger partial charge in [0.1, 0.15) is 18.3 Å². The molecule has 0 saturated heterocycles. The second-order valence-electron chi connectivity index (χ2n) is 7.38. The zero-order valence-corrected chi connectivity index (χ0v) is 22.6. The Morgan fingerprint density at radius 1 is 1.18 bits per heavy atom. The van der Waals surface area contributed by atoms with Crippen LogP contribution in [0.15, 0.2) is 46.3 Å². The van der Waals surface area contributed by atoms with Crippen molar-refractivity contribution in [1.29, 1.82) is 0 Å². The van der Waals surface area contributed by atoms with Crippen LogP contribution in [0.1, 0.15) is 23.7 Å². The number of primary amides is 1. The maximum atomic E-state index is 13.0. The third-order valence-electron chi connectivity index (χ3n) is 4.42. The lowest BCUT2D eigenvalue weighted by Gasteiger charge is -2.20. The van der Waals surface area contributed by atoms with E-state index in [9.17, 15) is 31.2 Å². The average molecular weight is 676 g/mol. The van der Waals surface area contributed by atoms with Gasteiger partial charge in [0.2, 0.25) is 21.9 Å². The predicted octanol–water partition coefficient (Wildman–Crippen LogP) is 0.958. The number of aryl methyl sites for hydroxylation is 1. The van der Waals surface area contributed by atoms with Crippen LogP contribution in [0.5, 0.6) is 0 Å². The number of benzene rings is 1. The summed E-state index contributed by atoms with van der Waals surface area (Å²) in [6.07, 6.45) is -5.09. The van der Waals surface area contributed by atoms with Crippen molar-refractivity contribution >= 4 is 56.1 Å². The van der Waals surface area contributed by atoms with Crippen molar-refractivity contribution in [3.63, 3.8) is 0 Å². The summed E-state index contributed by atoms with van der Waals surface area (Å²) >= 11 is 2.04. The number of hydrogen-bond acceptors (Lipinski definition) is 7. The molecule has 0 aliphatic heterocycles. The van der Waals surface area contributed by atoms with Crippen LogP contribution in [0.4, 0.5) is 18.9 Å². The number of halogens is 4. The smallest absolute Gasteiger partial charge is 0.475 e. The summed E-state index contributed by atoms with van der Waals surface area (Å²) in [5.74, 6) is -4.16. The number of aliphatic carboxylic acids is 1. The van der Waals surface area contributed by atoms with Crippen molar-refractivity contribution in [2.45, 2.75) is 31.3 Å².